The fourth-order valence-corrected chi connectivity index (χ4v) is 2.78. The van der Waals surface area contributed by atoms with Gasteiger partial charge in [-0.25, -0.2) is 4.39 Å². The Morgan fingerprint density at radius 3 is 2.90 bits per heavy atom. The van der Waals surface area contributed by atoms with Crippen LogP contribution in [0.5, 0.6) is 5.75 Å². The van der Waals surface area contributed by atoms with Crippen molar-refractivity contribution in [2.75, 3.05) is 37.8 Å². The standard InChI is InChI=1S/C16H26FN3O/c1-4-7-21-16-9-15(13(18)8-12(16)17)19-14-5-6-20(3)10-11(14)2/h8-9,11,14,19H,4-7,10,18H2,1-3H3. The van der Waals surface area contributed by atoms with Crippen molar-refractivity contribution < 1.29 is 9.13 Å². The second-order valence-corrected chi connectivity index (χ2v) is 6.00. The molecule has 0 aromatic heterocycles. The van der Waals surface area contributed by atoms with Gasteiger partial charge in [0.1, 0.15) is 0 Å². The zero-order valence-electron chi connectivity index (χ0n) is 13.2. The van der Waals surface area contributed by atoms with E-state index in [1.807, 2.05) is 6.92 Å². The van der Waals surface area contributed by atoms with Gasteiger partial charge in [-0.1, -0.05) is 13.8 Å². The maximum Gasteiger partial charge on any atom is 0.167 e. The van der Waals surface area contributed by atoms with E-state index >= 15 is 0 Å². The number of halogens is 1. The maximum atomic E-state index is 13.8. The number of nitrogens with one attached hydrogen (secondary N) is 1. The predicted octanol–water partition coefficient (Wildman–Crippen LogP) is 2.95. The molecule has 4 nitrogen and oxygen atoms in total. The van der Waals surface area contributed by atoms with Crippen LogP contribution < -0.4 is 15.8 Å². The molecule has 1 aliphatic heterocycles. The summed E-state index contributed by atoms with van der Waals surface area (Å²) in [5, 5.41) is 3.47. The Morgan fingerprint density at radius 2 is 2.24 bits per heavy atom. The summed E-state index contributed by atoms with van der Waals surface area (Å²) in [6, 6.07) is 3.38. The van der Waals surface area contributed by atoms with Crippen LogP contribution in [0, 0.1) is 11.7 Å². The molecule has 2 unspecified atom stereocenters. The van der Waals surface area contributed by atoms with Gasteiger partial charge in [-0.2, -0.15) is 0 Å². The normalized spacial score (nSPS) is 23.0. The van der Waals surface area contributed by atoms with Crippen molar-refractivity contribution in [1.29, 1.82) is 0 Å². The molecule has 1 saturated heterocycles. The van der Waals surface area contributed by atoms with E-state index in [-0.39, 0.29) is 5.75 Å². The van der Waals surface area contributed by atoms with E-state index in [0.29, 0.717) is 24.3 Å². The lowest BCUT2D eigenvalue weighted by Crippen LogP contribution is -2.43. The number of nitrogen functional groups attached to an aromatic ring is 1. The number of piperidine rings is 1. The minimum Gasteiger partial charge on any atom is -0.490 e. The molecule has 1 aromatic carbocycles. The Balaban J connectivity index is 2.11. The van der Waals surface area contributed by atoms with Crippen molar-refractivity contribution in [1.82, 2.24) is 4.90 Å². The molecule has 1 aromatic rings. The number of nitrogens with two attached hydrogens (primary N) is 1. The molecule has 1 aliphatic rings. The number of nitrogens with zero attached hydrogens (tertiary/aromatic N) is 1. The van der Waals surface area contributed by atoms with Gasteiger partial charge in [0, 0.05) is 24.7 Å². The first kappa shape index (κ1) is 15.9. The van der Waals surface area contributed by atoms with Crippen LogP contribution in [0.15, 0.2) is 12.1 Å². The summed E-state index contributed by atoms with van der Waals surface area (Å²) in [6.07, 6.45) is 1.90. The molecule has 2 rings (SSSR count). The summed E-state index contributed by atoms with van der Waals surface area (Å²) < 4.78 is 19.3. The number of hydrogen-bond donors (Lipinski definition) is 2. The van der Waals surface area contributed by atoms with Crippen LogP contribution in [0.3, 0.4) is 0 Å². The minimum atomic E-state index is -0.400. The van der Waals surface area contributed by atoms with Gasteiger partial charge in [0.15, 0.2) is 11.6 Å². The lowest BCUT2D eigenvalue weighted by Gasteiger charge is -2.36. The van der Waals surface area contributed by atoms with Gasteiger partial charge >= 0.3 is 0 Å². The van der Waals surface area contributed by atoms with Crippen molar-refractivity contribution in [3.63, 3.8) is 0 Å². The molecule has 0 bridgehead atoms. The number of anilines is 2. The van der Waals surface area contributed by atoms with Crippen LogP contribution in [0.2, 0.25) is 0 Å². The number of benzene rings is 1. The van der Waals surface area contributed by atoms with Crippen LogP contribution >= 0.6 is 0 Å². The number of rotatable bonds is 5. The number of likely N-dealkylation sites (tertiary alicyclic amines) is 1. The zero-order valence-corrected chi connectivity index (χ0v) is 13.2. The first-order valence-corrected chi connectivity index (χ1v) is 7.68. The van der Waals surface area contributed by atoms with Gasteiger partial charge in [0.2, 0.25) is 0 Å². The zero-order chi connectivity index (χ0) is 15.4. The van der Waals surface area contributed by atoms with Crippen molar-refractivity contribution in [2.24, 2.45) is 5.92 Å². The van der Waals surface area contributed by atoms with Crippen molar-refractivity contribution in [3.8, 4) is 5.75 Å². The third-order valence-electron chi connectivity index (χ3n) is 4.02. The van der Waals surface area contributed by atoms with Crippen molar-refractivity contribution >= 4 is 11.4 Å². The van der Waals surface area contributed by atoms with Gasteiger partial charge in [0.25, 0.3) is 0 Å². The second-order valence-electron chi connectivity index (χ2n) is 6.00. The third-order valence-corrected chi connectivity index (χ3v) is 4.02. The van der Waals surface area contributed by atoms with Crippen molar-refractivity contribution in [2.45, 2.75) is 32.7 Å². The fraction of sp³-hybridized carbons (Fsp3) is 0.625. The highest BCUT2D eigenvalue weighted by Crippen LogP contribution is 2.30. The van der Waals surface area contributed by atoms with Gasteiger partial charge in [-0.05, 0) is 32.4 Å². The molecular weight excluding hydrogens is 269 g/mol. The molecule has 0 amide bonds. The Bertz CT molecular complexity index is 481. The average molecular weight is 295 g/mol. The monoisotopic (exact) mass is 295 g/mol. The van der Waals surface area contributed by atoms with Crippen LogP contribution in [0.25, 0.3) is 0 Å². The van der Waals surface area contributed by atoms with E-state index in [4.69, 9.17) is 10.5 Å². The molecule has 0 spiro atoms. The molecule has 5 heteroatoms. The number of hydrogen-bond acceptors (Lipinski definition) is 4. The molecule has 3 N–H and O–H groups in total. The maximum absolute atomic E-state index is 13.8. The topological polar surface area (TPSA) is 50.5 Å². The molecule has 21 heavy (non-hydrogen) atoms. The molecule has 118 valence electrons. The minimum absolute atomic E-state index is 0.272. The average Bonchev–Trinajstić information content (AvgIpc) is 2.43. The fourth-order valence-electron chi connectivity index (χ4n) is 2.78. The second kappa shape index (κ2) is 6.98. The molecule has 0 aliphatic carbocycles. The Labute approximate surface area is 126 Å². The summed E-state index contributed by atoms with van der Waals surface area (Å²) in [4.78, 5) is 2.33. The van der Waals surface area contributed by atoms with Crippen LogP contribution in [0.4, 0.5) is 15.8 Å². The highest BCUT2D eigenvalue weighted by Gasteiger charge is 2.24. The smallest absolute Gasteiger partial charge is 0.167 e. The largest absolute Gasteiger partial charge is 0.490 e. The van der Waals surface area contributed by atoms with Crippen LogP contribution in [-0.4, -0.2) is 37.7 Å². The van der Waals surface area contributed by atoms with E-state index in [1.54, 1.807) is 6.07 Å². The lowest BCUT2D eigenvalue weighted by molar-refractivity contribution is 0.206. The van der Waals surface area contributed by atoms with Gasteiger partial charge in [-0.15, -0.1) is 0 Å². The molecule has 0 saturated carbocycles. The van der Waals surface area contributed by atoms with Gasteiger partial charge < -0.3 is 20.7 Å². The molecule has 1 heterocycles. The Morgan fingerprint density at radius 1 is 1.48 bits per heavy atom. The lowest BCUT2D eigenvalue weighted by atomic mass is 9.94. The first-order valence-electron chi connectivity index (χ1n) is 7.68. The molecule has 1 fully saturated rings. The SMILES string of the molecule is CCCOc1cc(NC2CCN(C)CC2C)c(N)cc1F. The van der Waals surface area contributed by atoms with E-state index in [1.165, 1.54) is 6.07 Å². The summed E-state index contributed by atoms with van der Waals surface area (Å²) in [7, 11) is 2.13. The summed E-state index contributed by atoms with van der Waals surface area (Å²) in [5.74, 6) is 0.394. The Kier molecular flexibility index (Phi) is 5.28. The summed E-state index contributed by atoms with van der Waals surface area (Å²) in [5.41, 5.74) is 7.14. The van der Waals surface area contributed by atoms with E-state index < -0.39 is 5.82 Å². The van der Waals surface area contributed by atoms with Crippen molar-refractivity contribution in [3.05, 3.63) is 17.9 Å². The summed E-state index contributed by atoms with van der Waals surface area (Å²) in [6.45, 7) is 6.83. The molecular formula is C16H26FN3O. The van der Waals surface area contributed by atoms with Crippen LogP contribution in [-0.2, 0) is 0 Å². The van der Waals surface area contributed by atoms with Gasteiger partial charge in [0.05, 0.1) is 18.0 Å². The van der Waals surface area contributed by atoms with Gasteiger partial charge in [-0.3, -0.25) is 0 Å². The quantitative estimate of drug-likeness (QED) is 0.820. The third kappa shape index (κ3) is 4.00. The highest BCUT2D eigenvalue weighted by molar-refractivity contribution is 5.69. The molecule has 0 radical (unpaired) electrons. The number of ether oxygens (including phenoxy) is 1. The molecule has 2 atom stereocenters. The van der Waals surface area contributed by atoms with E-state index in [0.717, 1.165) is 31.6 Å². The summed E-state index contributed by atoms with van der Waals surface area (Å²) >= 11 is 0. The van der Waals surface area contributed by atoms with Crippen LogP contribution in [0.1, 0.15) is 26.7 Å². The Hall–Kier alpha value is -1.49. The predicted molar refractivity (Wildman–Crippen MR) is 85.3 cm³/mol. The van der Waals surface area contributed by atoms with E-state index in [9.17, 15) is 4.39 Å². The first-order chi connectivity index (χ1) is 10.0. The van der Waals surface area contributed by atoms with E-state index in [2.05, 4.69) is 24.2 Å². The highest BCUT2D eigenvalue weighted by atomic mass is 19.1.